The van der Waals surface area contributed by atoms with E-state index in [9.17, 15) is 9.59 Å². The second-order valence-electron chi connectivity index (χ2n) is 5.92. The molecule has 22 heavy (non-hydrogen) atoms. The van der Waals surface area contributed by atoms with Gasteiger partial charge in [-0.05, 0) is 30.9 Å². The van der Waals surface area contributed by atoms with E-state index in [1.54, 1.807) is 6.07 Å². The number of rotatable bonds is 7. The van der Waals surface area contributed by atoms with Gasteiger partial charge < -0.3 is 10.3 Å². The monoisotopic (exact) mass is 301 g/mol. The van der Waals surface area contributed by atoms with Crippen molar-refractivity contribution in [3.8, 4) is 0 Å². The molecule has 1 aromatic heterocycles. The summed E-state index contributed by atoms with van der Waals surface area (Å²) < 4.78 is 0. The molecule has 0 atom stereocenters. The van der Waals surface area contributed by atoms with Gasteiger partial charge in [-0.1, -0.05) is 26.0 Å². The Kier molecular flexibility index (Phi) is 5.69. The maximum Gasteiger partial charge on any atom is 0.258 e. The summed E-state index contributed by atoms with van der Waals surface area (Å²) >= 11 is 0. The van der Waals surface area contributed by atoms with Crippen LogP contribution in [-0.2, 0) is 11.2 Å². The summed E-state index contributed by atoms with van der Waals surface area (Å²) in [6.45, 7) is 4.99. The van der Waals surface area contributed by atoms with Gasteiger partial charge in [0.2, 0.25) is 5.91 Å². The van der Waals surface area contributed by atoms with Crippen LogP contribution in [0.5, 0.6) is 0 Å². The minimum atomic E-state index is -0.123. The predicted molar refractivity (Wildman–Crippen MR) is 87.8 cm³/mol. The lowest BCUT2D eigenvalue weighted by Gasteiger charge is -2.07. The number of nitrogens with zero attached hydrogens (tertiary/aromatic N) is 1. The molecule has 2 aromatic rings. The van der Waals surface area contributed by atoms with E-state index < -0.39 is 0 Å². The van der Waals surface area contributed by atoms with Crippen molar-refractivity contribution in [2.24, 2.45) is 5.92 Å². The average Bonchev–Trinajstić information content (AvgIpc) is 2.47. The van der Waals surface area contributed by atoms with E-state index in [0.29, 0.717) is 41.9 Å². The molecule has 0 unspecified atom stereocenters. The Morgan fingerprint density at radius 3 is 2.86 bits per heavy atom. The van der Waals surface area contributed by atoms with Gasteiger partial charge in [0, 0.05) is 19.4 Å². The van der Waals surface area contributed by atoms with Crippen LogP contribution >= 0.6 is 0 Å². The zero-order chi connectivity index (χ0) is 15.9. The highest BCUT2D eigenvalue weighted by Gasteiger charge is 2.05. The number of H-pyrrole nitrogens is 1. The van der Waals surface area contributed by atoms with Crippen molar-refractivity contribution in [1.82, 2.24) is 15.3 Å². The Hall–Kier alpha value is -2.17. The van der Waals surface area contributed by atoms with Crippen LogP contribution in [0.2, 0.25) is 0 Å². The second-order valence-corrected chi connectivity index (χ2v) is 5.92. The largest absolute Gasteiger partial charge is 0.356 e. The fourth-order valence-corrected chi connectivity index (χ4v) is 2.26. The Morgan fingerprint density at radius 2 is 2.09 bits per heavy atom. The summed E-state index contributed by atoms with van der Waals surface area (Å²) in [5, 5.41) is 3.51. The molecule has 0 spiro atoms. The van der Waals surface area contributed by atoms with Crippen LogP contribution in [0, 0.1) is 5.92 Å². The van der Waals surface area contributed by atoms with Crippen molar-refractivity contribution in [2.45, 2.75) is 39.5 Å². The number of nitrogens with one attached hydrogen (secondary N) is 2. The minimum Gasteiger partial charge on any atom is -0.356 e. The molecular weight excluding hydrogens is 278 g/mol. The van der Waals surface area contributed by atoms with Crippen LogP contribution in [-0.4, -0.2) is 22.4 Å². The maximum atomic E-state index is 11.9. The van der Waals surface area contributed by atoms with Gasteiger partial charge in [0.15, 0.2) is 0 Å². The van der Waals surface area contributed by atoms with Gasteiger partial charge in [-0.2, -0.15) is 0 Å². The van der Waals surface area contributed by atoms with Crippen LogP contribution in [0.25, 0.3) is 10.9 Å². The number of hydrogen-bond donors (Lipinski definition) is 2. The molecule has 0 saturated heterocycles. The fraction of sp³-hybridized carbons (Fsp3) is 0.471. The van der Waals surface area contributed by atoms with Crippen molar-refractivity contribution in [3.05, 3.63) is 40.4 Å². The molecule has 0 fully saturated rings. The SMILES string of the molecule is CC(C)CCNC(=O)CCCc1nc2ccccc2c(=O)[nH]1. The normalized spacial score (nSPS) is 11.0. The zero-order valence-corrected chi connectivity index (χ0v) is 13.2. The van der Waals surface area contributed by atoms with Crippen molar-refractivity contribution in [1.29, 1.82) is 0 Å². The van der Waals surface area contributed by atoms with E-state index in [1.165, 1.54) is 0 Å². The van der Waals surface area contributed by atoms with Gasteiger partial charge in [0.25, 0.3) is 5.56 Å². The highest BCUT2D eigenvalue weighted by Crippen LogP contribution is 2.07. The van der Waals surface area contributed by atoms with E-state index in [1.807, 2.05) is 18.2 Å². The number of hydrogen-bond acceptors (Lipinski definition) is 3. The number of carbonyl (C=O) groups is 1. The van der Waals surface area contributed by atoms with Gasteiger partial charge in [-0.25, -0.2) is 4.98 Å². The van der Waals surface area contributed by atoms with Crippen molar-refractivity contribution in [2.75, 3.05) is 6.54 Å². The van der Waals surface area contributed by atoms with Crippen LogP contribution in [0.3, 0.4) is 0 Å². The van der Waals surface area contributed by atoms with Gasteiger partial charge in [0.1, 0.15) is 5.82 Å². The lowest BCUT2D eigenvalue weighted by molar-refractivity contribution is -0.121. The zero-order valence-electron chi connectivity index (χ0n) is 13.2. The molecule has 0 aliphatic heterocycles. The number of benzene rings is 1. The molecular formula is C17H23N3O2. The van der Waals surface area contributed by atoms with Crippen LogP contribution < -0.4 is 10.9 Å². The topological polar surface area (TPSA) is 74.8 Å². The number of carbonyl (C=O) groups excluding carboxylic acids is 1. The van der Waals surface area contributed by atoms with Crippen molar-refractivity contribution >= 4 is 16.8 Å². The second kappa shape index (κ2) is 7.73. The fourth-order valence-electron chi connectivity index (χ4n) is 2.26. The van der Waals surface area contributed by atoms with Gasteiger partial charge in [-0.3, -0.25) is 9.59 Å². The van der Waals surface area contributed by atoms with Gasteiger partial charge in [0.05, 0.1) is 10.9 Å². The number of amides is 1. The number of para-hydroxylation sites is 1. The third-order valence-corrected chi connectivity index (χ3v) is 3.52. The minimum absolute atomic E-state index is 0.0591. The predicted octanol–water partition coefficient (Wildman–Crippen LogP) is 2.41. The summed E-state index contributed by atoms with van der Waals surface area (Å²) in [6.07, 6.45) is 2.71. The first-order valence-corrected chi connectivity index (χ1v) is 7.81. The summed E-state index contributed by atoms with van der Waals surface area (Å²) in [6, 6.07) is 7.26. The summed E-state index contributed by atoms with van der Waals surface area (Å²) in [7, 11) is 0. The Morgan fingerprint density at radius 1 is 1.32 bits per heavy atom. The van der Waals surface area contributed by atoms with Gasteiger partial charge in [-0.15, -0.1) is 0 Å². The highest BCUT2D eigenvalue weighted by molar-refractivity contribution is 5.77. The third kappa shape index (κ3) is 4.69. The summed E-state index contributed by atoms with van der Waals surface area (Å²) in [5.74, 6) is 1.29. The molecule has 1 aromatic carbocycles. The molecule has 2 N–H and O–H groups in total. The van der Waals surface area contributed by atoms with E-state index in [0.717, 1.165) is 13.0 Å². The standard InChI is InChI=1S/C17H23N3O2/c1-12(2)10-11-18-16(21)9-5-8-15-19-14-7-4-3-6-13(14)17(22)20-15/h3-4,6-7,12H,5,8-11H2,1-2H3,(H,18,21)(H,19,20,22). The molecule has 1 amide bonds. The molecule has 118 valence electrons. The van der Waals surface area contributed by atoms with E-state index in [-0.39, 0.29) is 11.5 Å². The summed E-state index contributed by atoms with van der Waals surface area (Å²) in [4.78, 5) is 30.8. The number of fused-ring (bicyclic) bond motifs is 1. The van der Waals surface area contributed by atoms with E-state index in [4.69, 9.17) is 0 Å². The summed E-state index contributed by atoms with van der Waals surface area (Å²) in [5.41, 5.74) is 0.574. The first-order chi connectivity index (χ1) is 10.6. The molecule has 0 aliphatic carbocycles. The Bertz CT molecular complexity index is 692. The Balaban J connectivity index is 1.84. The first kappa shape index (κ1) is 16.2. The molecule has 0 saturated carbocycles. The molecule has 0 bridgehead atoms. The quantitative estimate of drug-likeness (QED) is 0.824. The van der Waals surface area contributed by atoms with Crippen molar-refractivity contribution < 1.29 is 4.79 Å². The highest BCUT2D eigenvalue weighted by atomic mass is 16.1. The third-order valence-electron chi connectivity index (χ3n) is 3.52. The number of aromatic nitrogens is 2. The number of aryl methyl sites for hydroxylation is 1. The average molecular weight is 301 g/mol. The lowest BCUT2D eigenvalue weighted by Crippen LogP contribution is -2.25. The van der Waals surface area contributed by atoms with Crippen molar-refractivity contribution in [3.63, 3.8) is 0 Å². The smallest absolute Gasteiger partial charge is 0.258 e. The molecule has 5 heteroatoms. The first-order valence-electron chi connectivity index (χ1n) is 7.81. The molecule has 1 heterocycles. The lowest BCUT2D eigenvalue weighted by atomic mass is 10.1. The molecule has 2 rings (SSSR count). The van der Waals surface area contributed by atoms with E-state index >= 15 is 0 Å². The molecule has 0 radical (unpaired) electrons. The molecule has 0 aliphatic rings. The Labute approximate surface area is 130 Å². The number of aromatic amines is 1. The van der Waals surface area contributed by atoms with Gasteiger partial charge >= 0.3 is 0 Å². The van der Waals surface area contributed by atoms with Crippen LogP contribution in [0.1, 0.15) is 38.9 Å². The van der Waals surface area contributed by atoms with E-state index in [2.05, 4.69) is 29.1 Å². The maximum absolute atomic E-state index is 11.9. The van der Waals surface area contributed by atoms with Crippen LogP contribution in [0.15, 0.2) is 29.1 Å². The molecule has 5 nitrogen and oxygen atoms in total. The van der Waals surface area contributed by atoms with Crippen LogP contribution in [0.4, 0.5) is 0 Å².